The molecule has 120 valence electrons. The lowest BCUT2D eigenvalue weighted by Gasteiger charge is -2.36. The Labute approximate surface area is 132 Å². The van der Waals surface area contributed by atoms with E-state index in [1.165, 1.54) is 24.0 Å². The molecular formula is C17H25N3O2. The molecule has 0 N–H and O–H groups in total. The number of rotatable bonds is 1. The summed E-state index contributed by atoms with van der Waals surface area (Å²) in [6.45, 7) is 8.69. The molecule has 5 nitrogen and oxygen atoms in total. The Bertz CT molecular complexity index is 558. The lowest BCUT2D eigenvalue weighted by Crippen LogP contribution is -2.50. The quantitative estimate of drug-likeness (QED) is 0.800. The summed E-state index contributed by atoms with van der Waals surface area (Å²) >= 11 is 0. The molecule has 1 aliphatic carbocycles. The number of ether oxygens (including phenoxy) is 1. The van der Waals surface area contributed by atoms with Crippen LogP contribution in [0.5, 0.6) is 0 Å². The van der Waals surface area contributed by atoms with Gasteiger partial charge in [0.05, 0.1) is 0 Å². The zero-order valence-electron chi connectivity index (χ0n) is 13.8. The standard InChI is InChI=1S/C17H25N3O2/c1-17(2,3)22-16(21)20-9-7-19(8-10-20)15-11-13-5-4-6-14(13)12-18-15/h11-12H,4-10H2,1-3H3. The molecule has 22 heavy (non-hydrogen) atoms. The minimum Gasteiger partial charge on any atom is -0.444 e. The first kappa shape index (κ1) is 15.1. The second kappa shape index (κ2) is 5.78. The van der Waals surface area contributed by atoms with E-state index in [9.17, 15) is 4.79 Å². The maximum atomic E-state index is 12.1. The molecular weight excluding hydrogens is 278 g/mol. The van der Waals surface area contributed by atoms with Crippen molar-refractivity contribution in [2.75, 3.05) is 31.1 Å². The van der Waals surface area contributed by atoms with Gasteiger partial charge in [-0.1, -0.05) is 0 Å². The predicted molar refractivity (Wildman–Crippen MR) is 86.3 cm³/mol. The number of piperazine rings is 1. The number of amides is 1. The number of pyridine rings is 1. The van der Waals surface area contributed by atoms with Gasteiger partial charge in [-0.05, 0) is 57.2 Å². The SMILES string of the molecule is CC(C)(C)OC(=O)N1CCN(c2cc3c(cn2)CCC3)CC1. The number of anilines is 1. The van der Waals surface area contributed by atoms with Crippen molar-refractivity contribution in [2.45, 2.75) is 45.6 Å². The number of carbonyl (C=O) groups excluding carboxylic acids is 1. The molecule has 0 unspecified atom stereocenters. The zero-order chi connectivity index (χ0) is 15.7. The number of carbonyl (C=O) groups is 1. The highest BCUT2D eigenvalue weighted by Gasteiger charge is 2.26. The largest absolute Gasteiger partial charge is 0.444 e. The van der Waals surface area contributed by atoms with E-state index in [0.29, 0.717) is 13.1 Å². The van der Waals surface area contributed by atoms with Crippen molar-refractivity contribution < 1.29 is 9.53 Å². The fraction of sp³-hybridized carbons (Fsp3) is 0.647. The monoisotopic (exact) mass is 303 g/mol. The van der Waals surface area contributed by atoms with E-state index >= 15 is 0 Å². The van der Waals surface area contributed by atoms with Crippen molar-refractivity contribution in [3.63, 3.8) is 0 Å². The van der Waals surface area contributed by atoms with Crippen LogP contribution in [0.3, 0.4) is 0 Å². The number of fused-ring (bicyclic) bond motifs is 1. The lowest BCUT2D eigenvalue weighted by molar-refractivity contribution is 0.0240. The van der Waals surface area contributed by atoms with Crippen molar-refractivity contribution in [1.29, 1.82) is 0 Å². The first-order valence-electron chi connectivity index (χ1n) is 8.13. The molecule has 1 aromatic rings. The highest BCUT2D eigenvalue weighted by atomic mass is 16.6. The average molecular weight is 303 g/mol. The number of hydrogen-bond acceptors (Lipinski definition) is 4. The Hall–Kier alpha value is -1.78. The van der Waals surface area contributed by atoms with E-state index < -0.39 is 5.60 Å². The first-order chi connectivity index (χ1) is 10.4. The Morgan fingerprint density at radius 1 is 1.14 bits per heavy atom. The smallest absolute Gasteiger partial charge is 0.410 e. The Balaban J connectivity index is 1.59. The van der Waals surface area contributed by atoms with Crippen LogP contribution in [-0.2, 0) is 17.6 Å². The zero-order valence-corrected chi connectivity index (χ0v) is 13.8. The van der Waals surface area contributed by atoms with Gasteiger partial charge in [-0.2, -0.15) is 0 Å². The third-order valence-electron chi connectivity index (χ3n) is 4.22. The van der Waals surface area contributed by atoms with Gasteiger partial charge in [0.1, 0.15) is 11.4 Å². The van der Waals surface area contributed by atoms with Gasteiger partial charge in [0.25, 0.3) is 0 Å². The minimum absolute atomic E-state index is 0.214. The third-order valence-corrected chi connectivity index (χ3v) is 4.22. The number of hydrogen-bond donors (Lipinski definition) is 0. The molecule has 0 spiro atoms. The maximum absolute atomic E-state index is 12.1. The molecule has 1 saturated heterocycles. The average Bonchev–Trinajstić information content (AvgIpc) is 2.93. The van der Waals surface area contributed by atoms with Crippen LogP contribution in [0.2, 0.25) is 0 Å². The van der Waals surface area contributed by atoms with Gasteiger partial charge in [0.2, 0.25) is 0 Å². The van der Waals surface area contributed by atoms with Crippen LogP contribution in [0.15, 0.2) is 12.3 Å². The van der Waals surface area contributed by atoms with Crippen molar-refractivity contribution in [3.8, 4) is 0 Å². The van der Waals surface area contributed by atoms with Crippen LogP contribution >= 0.6 is 0 Å². The van der Waals surface area contributed by atoms with Gasteiger partial charge in [0.15, 0.2) is 0 Å². The molecule has 0 atom stereocenters. The second-order valence-electron chi connectivity index (χ2n) is 7.12. The molecule has 1 amide bonds. The molecule has 1 aromatic heterocycles. The molecule has 0 saturated carbocycles. The first-order valence-corrected chi connectivity index (χ1v) is 8.13. The molecule has 1 fully saturated rings. The third kappa shape index (κ3) is 3.34. The summed E-state index contributed by atoms with van der Waals surface area (Å²) in [4.78, 5) is 20.7. The van der Waals surface area contributed by atoms with E-state index in [0.717, 1.165) is 25.3 Å². The highest BCUT2D eigenvalue weighted by Crippen LogP contribution is 2.25. The van der Waals surface area contributed by atoms with Crippen LogP contribution < -0.4 is 4.90 Å². The Kier molecular flexibility index (Phi) is 3.98. The second-order valence-corrected chi connectivity index (χ2v) is 7.12. The van der Waals surface area contributed by atoms with Crippen LogP contribution in [-0.4, -0.2) is 47.8 Å². The molecule has 0 bridgehead atoms. The summed E-state index contributed by atoms with van der Waals surface area (Å²) in [5.74, 6) is 1.05. The van der Waals surface area contributed by atoms with Crippen LogP contribution in [0.1, 0.15) is 38.3 Å². The highest BCUT2D eigenvalue weighted by molar-refractivity contribution is 5.68. The van der Waals surface area contributed by atoms with E-state index in [4.69, 9.17) is 4.74 Å². The number of aromatic nitrogens is 1. The molecule has 2 heterocycles. The molecule has 5 heteroatoms. The van der Waals surface area contributed by atoms with Crippen molar-refractivity contribution in [1.82, 2.24) is 9.88 Å². The van der Waals surface area contributed by atoms with Crippen molar-refractivity contribution in [3.05, 3.63) is 23.4 Å². The van der Waals surface area contributed by atoms with Gasteiger partial charge in [-0.3, -0.25) is 0 Å². The van der Waals surface area contributed by atoms with Crippen LogP contribution in [0.25, 0.3) is 0 Å². The fourth-order valence-corrected chi connectivity index (χ4v) is 3.06. The minimum atomic E-state index is -0.435. The maximum Gasteiger partial charge on any atom is 0.410 e. The predicted octanol–water partition coefficient (Wildman–Crippen LogP) is 2.63. The fourth-order valence-electron chi connectivity index (χ4n) is 3.06. The van der Waals surface area contributed by atoms with Gasteiger partial charge >= 0.3 is 6.09 Å². The van der Waals surface area contributed by atoms with Crippen LogP contribution in [0.4, 0.5) is 10.6 Å². The van der Waals surface area contributed by atoms with Gasteiger partial charge in [0, 0.05) is 32.4 Å². The van der Waals surface area contributed by atoms with Gasteiger partial charge < -0.3 is 14.5 Å². The number of nitrogens with zero attached hydrogens (tertiary/aromatic N) is 3. The summed E-state index contributed by atoms with van der Waals surface area (Å²) in [6.07, 6.45) is 5.39. The summed E-state index contributed by atoms with van der Waals surface area (Å²) in [5, 5.41) is 0. The molecule has 1 aliphatic heterocycles. The van der Waals surface area contributed by atoms with E-state index in [2.05, 4.69) is 16.0 Å². The molecule has 2 aliphatic rings. The molecule has 0 aromatic carbocycles. The van der Waals surface area contributed by atoms with Gasteiger partial charge in [-0.25, -0.2) is 9.78 Å². The summed E-state index contributed by atoms with van der Waals surface area (Å²) in [5.41, 5.74) is 2.41. The van der Waals surface area contributed by atoms with Crippen molar-refractivity contribution in [2.24, 2.45) is 0 Å². The van der Waals surface area contributed by atoms with E-state index in [-0.39, 0.29) is 6.09 Å². The summed E-state index contributed by atoms with van der Waals surface area (Å²) in [6, 6.07) is 2.23. The molecule has 3 rings (SSSR count). The topological polar surface area (TPSA) is 45.7 Å². The Morgan fingerprint density at radius 2 is 1.82 bits per heavy atom. The number of aryl methyl sites for hydroxylation is 2. The van der Waals surface area contributed by atoms with Crippen molar-refractivity contribution >= 4 is 11.9 Å². The Morgan fingerprint density at radius 3 is 2.50 bits per heavy atom. The van der Waals surface area contributed by atoms with E-state index in [1.54, 1.807) is 4.90 Å². The summed E-state index contributed by atoms with van der Waals surface area (Å²) < 4.78 is 5.43. The summed E-state index contributed by atoms with van der Waals surface area (Å²) in [7, 11) is 0. The van der Waals surface area contributed by atoms with Crippen LogP contribution in [0, 0.1) is 0 Å². The normalized spacial score (nSPS) is 18.3. The van der Waals surface area contributed by atoms with Gasteiger partial charge in [-0.15, -0.1) is 0 Å². The molecule has 0 radical (unpaired) electrons. The lowest BCUT2D eigenvalue weighted by atomic mass is 10.2. The van der Waals surface area contributed by atoms with E-state index in [1.807, 2.05) is 27.0 Å².